The lowest BCUT2D eigenvalue weighted by Gasteiger charge is -2.44. The van der Waals surface area contributed by atoms with Gasteiger partial charge in [0.25, 0.3) is 0 Å². The summed E-state index contributed by atoms with van der Waals surface area (Å²) in [6.45, 7) is 1.30. The molecule has 1 fully saturated rings. The highest BCUT2D eigenvalue weighted by atomic mass is 31.2. The summed E-state index contributed by atoms with van der Waals surface area (Å²) in [7, 11) is -4.64. The number of ether oxygens (including phenoxy) is 1. The van der Waals surface area contributed by atoms with Crippen molar-refractivity contribution in [2.45, 2.75) is 37.1 Å². The van der Waals surface area contributed by atoms with E-state index in [1.807, 2.05) is 0 Å². The monoisotopic (exact) mass is 258 g/mol. The molecule has 0 bridgehead atoms. The zero-order chi connectivity index (χ0) is 12.7. The van der Waals surface area contributed by atoms with E-state index in [2.05, 4.69) is 0 Å². The predicted octanol–water partition coefficient (Wildman–Crippen LogP) is -2.65. The Morgan fingerprint density at radius 2 is 1.75 bits per heavy atom. The number of hydrogen-bond acceptors (Lipinski definition) is 6. The first kappa shape index (κ1) is 14.0. The van der Waals surface area contributed by atoms with Gasteiger partial charge in [0, 0.05) is 0 Å². The van der Waals surface area contributed by atoms with Gasteiger partial charge in [-0.15, -0.1) is 0 Å². The average Bonchev–Trinajstić information content (AvgIpc) is 2.09. The molecule has 96 valence electrons. The highest BCUT2D eigenvalue weighted by Crippen LogP contribution is 2.42. The van der Waals surface area contributed by atoms with E-state index in [0.717, 1.165) is 0 Å². The first-order valence-electron chi connectivity index (χ1n) is 4.56. The van der Waals surface area contributed by atoms with E-state index in [1.54, 1.807) is 0 Å². The Morgan fingerprint density at radius 3 is 2.19 bits per heavy atom. The molecule has 1 aliphatic rings. The van der Waals surface area contributed by atoms with Crippen molar-refractivity contribution in [3.05, 3.63) is 0 Å². The van der Waals surface area contributed by atoms with Crippen LogP contribution in [0.15, 0.2) is 0 Å². The van der Waals surface area contributed by atoms with Gasteiger partial charge in [0.2, 0.25) is 5.79 Å². The average molecular weight is 258 g/mol. The van der Waals surface area contributed by atoms with Gasteiger partial charge >= 0.3 is 7.60 Å². The molecule has 8 nitrogen and oxygen atoms in total. The van der Waals surface area contributed by atoms with Gasteiger partial charge in [-0.05, 0) is 6.92 Å². The molecule has 0 radical (unpaired) electrons. The van der Waals surface area contributed by atoms with Crippen molar-refractivity contribution in [2.24, 2.45) is 0 Å². The van der Waals surface area contributed by atoms with Crippen molar-refractivity contribution in [2.75, 3.05) is 6.16 Å². The Hall–Kier alpha value is -0.0500. The minimum Gasteiger partial charge on any atom is -0.388 e. The third kappa shape index (κ3) is 2.79. The minimum atomic E-state index is -4.64. The number of aliphatic hydroxyl groups excluding tert-OH is 3. The molecule has 9 heteroatoms. The van der Waals surface area contributed by atoms with Crippen LogP contribution in [0.3, 0.4) is 0 Å². The lowest BCUT2D eigenvalue weighted by atomic mass is 9.94. The van der Waals surface area contributed by atoms with E-state index >= 15 is 0 Å². The van der Waals surface area contributed by atoms with Gasteiger partial charge in [0.15, 0.2) is 0 Å². The van der Waals surface area contributed by atoms with Crippen molar-refractivity contribution in [3.63, 3.8) is 0 Å². The Balaban J connectivity index is 2.91. The molecule has 0 aromatic carbocycles. The maximum atomic E-state index is 10.7. The van der Waals surface area contributed by atoms with Crippen LogP contribution < -0.4 is 0 Å². The quantitative estimate of drug-likeness (QED) is 0.294. The Labute approximate surface area is 91.3 Å². The van der Waals surface area contributed by atoms with Crippen LogP contribution in [0.25, 0.3) is 0 Å². The molecule has 1 aliphatic heterocycles. The van der Waals surface area contributed by atoms with Gasteiger partial charge in [0.1, 0.15) is 24.5 Å². The third-order valence-electron chi connectivity index (χ3n) is 2.44. The molecule has 0 spiro atoms. The fraction of sp³-hybridized carbons (Fsp3) is 1.00. The van der Waals surface area contributed by atoms with Crippen LogP contribution in [0.1, 0.15) is 6.92 Å². The zero-order valence-electron chi connectivity index (χ0n) is 8.46. The summed E-state index contributed by atoms with van der Waals surface area (Å²) in [4.78, 5) is 17.4. The van der Waals surface area contributed by atoms with E-state index in [-0.39, 0.29) is 0 Å². The SMILES string of the molecule is C[C@@H]1O[C@](O)(CP(=O)(O)O)[C@H](O)[C@H](O)[C@H]1O. The first-order chi connectivity index (χ1) is 7.07. The highest BCUT2D eigenvalue weighted by molar-refractivity contribution is 7.51. The summed E-state index contributed by atoms with van der Waals surface area (Å²) in [5.74, 6) is -2.57. The summed E-state index contributed by atoms with van der Waals surface area (Å²) in [5.41, 5.74) is 0. The van der Waals surface area contributed by atoms with E-state index in [0.29, 0.717) is 0 Å². The molecule has 6 N–H and O–H groups in total. The Kier molecular flexibility index (Phi) is 3.78. The van der Waals surface area contributed by atoms with Crippen molar-refractivity contribution < 1.29 is 39.5 Å². The maximum Gasteiger partial charge on any atom is 0.331 e. The molecule has 1 heterocycles. The van der Waals surface area contributed by atoms with Crippen LogP contribution in [0.5, 0.6) is 0 Å². The highest BCUT2D eigenvalue weighted by Gasteiger charge is 2.53. The van der Waals surface area contributed by atoms with Gasteiger partial charge in [-0.3, -0.25) is 4.57 Å². The fourth-order valence-electron chi connectivity index (χ4n) is 1.62. The molecule has 1 saturated heterocycles. The van der Waals surface area contributed by atoms with E-state index < -0.39 is 44.0 Å². The second-order valence-electron chi connectivity index (χ2n) is 3.92. The van der Waals surface area contributed by atoms with Crippen molar-refractivity contribution in [3.8, 4) is 0 Å². The van der Waals surface area contributed by atoms with Crippen LogP contribution in [0.2, 0.25) is 0 Å². The molecular formula is C7H15O8P. The Bertz CT molecular complexity index is 303. The fourth-order valence-corrected chi connectivity index (χ4v) is 2.47. The van der Waals surface area contributed by atoms with Crippen molar-refractivity contribution in [1.29, 1.82) is 0 Å². The lowest BCUT2D eigenvalue weighted by molar-refractivity contribution is -0.333. The van der Waals surface area contributed by atoms with Crippen LogP contribution >= 0.6 is 7.60 Å². The molecule has 1 rings (SSSR count). The van der Waals surface area contributed by atoms with Crippen LogP contribution in [0.4, 0.5) is 0 Å². The molecular weight excluding hydrogens is 243 g/mol. The summed E-state index contributed by atoms with van der Waals surface area (Å²) >= 11 is 0. The summed E-state index contributed by atoms with van der Waals surface area (Å²) in [5, 5.41) is 37.8. The standard InChI is InChI=1S/C7H15O8P/c1-3-4(8)5(9)6(10)7(11,15-3)2-16(12,13)14/h3-6,8-11H,2H2,1H3,(H2,12,13,14)/t3-,4-,5+,6+,7+/m0/s1. The van der Waals surface area contributed by atoms with E-state index in [9.17, 15) is 25.0 Å². The van der Waals surface area contributed by atoms with Crippen LogP contribution in [-0.2, 0) is 9.30 Å². The minimum absolute atomic E-state index is 1.06. The largest absolute Gasteiger partial charge is 0.388 e. The smallest absolute Gasteiger partial charge is 0.331 e. The first-order valence-corrected chi connectivity index (χ1v) is 6.35. The molecule has 5 atom stereocenters. The molecule has 0 amide bonds. The molecule has 16 heavy (non-hydrogen) atoms. The van der Waals surface area contributed by atoms with Gasteiger partial charge < -0.3 is 34.9 Å². The van der Waals surface area contributed by atoms with Gasteiger partial charge in [0.05, 0.1) is 6.10 Å². The maximum absolute atomic E-state index is 10.7. The summed E-state index contributed by atoms with van der Waals surface area (Å²) in [6.07, 6.45) is -7.39. The Morgan fingerprint density at radius 1 is 1.25 bits per heavy atom. The normalized spacial score (nSPS) is 45.7. The summed E-state index contributed by atoms with van der Waals surface area (Å²) in [6, 6.07) is 0. The second-order valence-corrected chi connectivity index (χ2v) is 5.56. The molecule has 0 aromatic heterocycles. The number of hydrogen-bond donors (Lipinski definition) is 6. The van der Waals surface area contributed by atoms with Gasteiger partial charge in [-0.25, -0.2) is 0 Å². The molecule has 0 aromatic rings. The number of rotatable bonds is 2. The third-order valence-corrected chi connectivity index (χ3v) is 3.30. The van der Waals surface area contributed by atoms with Crippen LogP contribution in [-0.4, -0.2) is 66.6 Å². The van der Waals surface area contributed by atoms with Gasteiger partial charge in [-0.2, -0.15) is 0 Å². The lowest BCUT2D eigenvalue weighted by Crippen LogP contribution is -2.65. The van der Waals surface area contributed by atoms with E-state index in [1.165, 1.54) is 6.92 Å². The molecule has 0 unspecified atom stereocenters. The van der Waals surface area contributed by atoms with Crippen molar-refractivity contribution >= 4 is 7.60 Å². The molecule has 0 saturated carbocycles. The second kappa shape index (κ2) is 4.32. The predicted molar refractivity (Wildman–Crippen MR) is 50.4 cm³/mol. The van der Waals surface area contributed by atoms with Crippen molar-refractivity contribution in [1.82, 2.24) is 0 Å². The van der Waals surface area contributed by atoms with Crippen LogP contribution in [0, 0.1) is 0 Å². The zero-order valence-corrected chi connectivity index (χ0v) is 9.36. The van der Waals surface area contributed by atoms with Gasteiger partial charge in [-0.1, -0.05) is 0 Å². The summed E-state index contributed by atoms with van der Waals surface area (Å²) < 4.78 is 15.5. The van der Waals surface area contributed by atoms with E-state index in [4.69, 9.17) is 14.5 Å². The number of aliphatic hydroxyl groups is 4. The topological polar surface area (TPSA) is 148 Å². The molecule has 0 aliphatic carbocycles.